The van der Waals surface area contributed by atoms with E-state index < -0.39 is 17.8 Å². The summed E-state index contributed by atoms with van der Waals surface area (Å²) in [5.74, 6) is -0.421. The molecule has 2 aromatic carbocycles. The molecule has 152 valence electrons. The monoisotopic (exact) mass is 399 g/mol. The number of amides is 2. The van der Waals surface area contributed by atoms with Crippen LogP contribution in [0.4, 0.5) is 5.69 Å². The number of anilines is 1. The summed E-state index contributed by atoms with van der Waals surface area (Å²) in [6, 6.07) is 13.5. The molecule has 2 rings (SSSR count). The molecule has 0 heterocycles. The molecule has 0 unspecified atom stereocenters. The lowest BCUT2D eigenvalue weighted by Crippen LogP contribution is -2.24. The lowest BCUT2D eigenvalue weighted by atomic mass is 10.2. The van der Waals surface area contributed by atoms with E-state index in [9.17, 15) is 14.4 Å². The van der Waals surface area contributed by atoms with Crippen molar-refractivity contribution in [2.45, 2.75) is 6.42 Å². The van der Waals surface area contributed by atoms with Gasteiger partial charge in [-0.2, -0.15) is 5.10 Å². The number of carbonyl (C=O) groups excluding carboxylic acids is 3. The molecule has 0 saturated carbocycles. The molecule has 0 saturated heterocycles. The van der Waals surface area contributed by atoms with Crippen LogP contribution in [-0.4, -0.2) is 44.8 Å². The van der Waals surface area contributed by atoms with Crippen LogP contribution in [0.5, 0.6) is 11.5 Å². The molecular weight excluding hydrogens is 378 g/mol. The molecule has 2 amide bonds. The molecule has 0 atom stereocenters. The van der Waals surface area contributed by atoms with Gasteiger partial charge in [-0.1, -0.05) is 12.1 Å². The van der Waals surface area contributed by atoms with Gasteiger partial charge in [0.25, 0.3) is 0 Å². The second-order valence-electron chi connectivity index (χ2n) is 5.68. The van der Waals surface area contributed by atoms with E-state index in [0.717, 1.165) is 0 Å². The molecule has 0 aliphatic heterocycles. The fraction of sp³-hybridized carbons (Fsp3) is 0.200. The van der Waals surface area contributed by atoms with Crippen LogP contribution < -0.4 is 20.2 Å². The van der Waals surface area contributed by atoms with E-state index >= 15 is 0 Å². The molecule has 0 aliphatic carbocycles. The number of ether oxygens (including phenoxy) is 3. The number of rotatable bonds is 9. The Kier molecular flexibility index (Phi) is 8.18. The zero-order chi connectivity index (χ0) is 21.1. The smallest absolute Gasteiger partial charge is 0.343 e. The van der Waals surface area contributed by atoms with Crippen LogP contribution in [-0.2, 0) is 19.1 Å². The third kappa shape index (κ3) is 7.71. The Morgan fingerprint density at radius 2 is 1.76 bits per heavy atom. The number of hydrazone groups is 1. The number of esters is 1. The molecule has 9 nitrogen and oxygen atoms in total. The Morgan fingerprint density at radius 3 is 2.45 bits per heavy atom. The van der Waals surface area contributed by atoms with Crippen molar-refractivity contribution in [2.75, 3.05) is 26.1 Å². The minimum absolute atomic E-state index is 0.211. The van der Waals surface area contributed by atoms with Crippen LogP contribution in [0.3, 0.4) is 0 Å². The number of nitrogens with zero attached hydrogens (tertiary/aromatic N) is 1. The van der Waals surface area contributed by atoms with Crippen LogP contribution in [0.25, 0.3) is 0 Å². The van der Waals surface area contributed by atoms with Crippen molar-refractivity contribution in [1.82, 2.24) is 5.43 Å². The zero-order valence-corrected chi connectivity index (χ0v) is 16.0. The van der Waals surface area contributed by atoms with Crippen LogP contribution >= 0.6 is 0 Å². The third-order valence-corrected chi connectivity index (χ3v) is 3.54. The first-order valence-electron chi connectivity index (χ1n) is 8.55. The lowest BCUT2D eigenvalue weighted by Gasteiger charge is -2.06. The van der Waals surface area contributed by atoms with Crippen molar-refractivity contribution in [3.8, 4) is 11.5 Å². The second-order valence-corrected chi connectivity index (χ2v) is 5.68. The third-order valence-electron chi connectivity index (χ3n) is 3.54. The standard InChI is InChI=1S/C20H21N3O6/c1-27-16-8-6-15(7-9-16)22-18(24)11-19(25)23-21-12-14-4-3-5-17(10-14)29-13-20(26)28-2/h3-10,12H,11,13H2,1-2H3,(H,22,24)(H,23,25). The summed E-state index contributed by atoms with van der Waals surface area (Å²) >= 11 is 0. The predicted octanol–water partition coefficient (Wildman–Crippen LogP) is 1.73. The van der Waals surface area contributed by atoms with Gasteiger partial charge in [0.2, 0.25) is 11.8 Å². The highest BCUT2D eigenvalue weighted by molar-refractivity contribution is 6.03. The minimum Gasteiger partial charge on any atom is -0.497 e. The Bertz CT molecular complexity index is 880. The van der Waals surface area contributed by atoms with Gasteiger partial charge in [0.1, 0.15) is 17.9 Å². The maximum atomic E-state index is 11.9. The van der Waals surface area contributed by atoms with E-state index in [1.165, 1.54) is 13.3 Å². The van der Waals surface area contributed by atoms with Gasteiger partial charge in [-0.05, 0) is 42.0 Å². The quantitative estimate of drug-likeness (QED) is 0.287. The minimum atomic E-state index is -0.564. The summed E-state index contributed by atoms with van der Waals surface area (Å²) in [5.41, 5.74) is 3.47. The van der Waals surface area contributed by atoms with E-state index in [0.29, 0.717) is 22.7 Å². The molecule has 0 radical (unpaired) electrons. The topological polar surface area (TPSA) is 115 Å². The Balaban J connectivity index is 1.79. The van der Waals surface area contributed by atoms with Gasteiger partial charge in [-0.15, -0.1) is 0 Å². The van der Waals surface area contributed by atoms with Crippen LogP contribution in [0.15, 0.2) is 53.6 Å². The first-order chi connectivity index (χ1) is 14.0. The first-order valence-corrected chi connectivity index (χ1v) is 8.55. The summed E-state index contributed by atoms with van der Waals surface area (Å²) < 4.78 is 14.8. The van der Waals surface area contributed by atoms with Crippen molar-refractivity contribution in [1.29, 1.82) is 0 Å². The van der Waals surface area contributed by atoms with Gasteiger partial charge in [-0.25, -0.2) is 10.2 Å². The predicted molar refractivity (Wildman–Crippen MR) is 106 cm³/mol. The highest BCUT2D eigenvalue weighted by Gasteiger charge is 2.09. The van der Waals surface area contributed by atoms with Gasteiger partial charge < -0.3 is 19.5 Å². The van der Waals surface area contributed by atoms with Crippen molar-refractivity contribution in [3.63, 3.8) is 0 Å². The summed E-state index contributed by atoms with van der Waals surface area (Å²) in [6.45, 7) is -0.211. The van der Waals surface area contributed by atoms with E-state index in [1.807, 2.05) is 0 Å². The second kappa shape index (κ2) is 11.1. The average Bonchev–Trinajstić information content (AvgIpc) is 2.72. The van der Waals surface area contributed by atoms with Crippen LogP contribution in [0.1, 0.15) is 12.0 Å². The van der Waals surface area contributed by atoms with E-state index in [1.54, 1.807) is 55.6 Å². The maximum absolute atomic E-state index is 11.9. The maximum Gasteiger partial charge on any atom is 0.343 e. The molecule has 2 aromatic rings. The van der Waals surface area contributed by atoms with Gasteiger partial charge >= 0.3 is 5.97 Å². The average molecular weight is 399 g/mol. The Hall–Kier alpha value is -3.88. The van der Waals surface area contributed by atoms with Crippen molar-refractivity contribution in [2.24, 2.45) is 5.10 Å². The van der Waals surface area contributed by atoms with Gasteiger partial charge in [0.15, 0.2) is 6.61 Å². The molecule has 29 heavy (non-hydrogen) atoms. The highest BCUT2D eigenvalue weighted by Crippen LogP contribution is 2.15. The SMILES string of the molecule is COC(=O)COc1cccc(C=NNC(=O)CC(=O)Nc2ccc(OC)cc2)c1. The number of benzene rings is 2. The first kappa shape index (κ1) is 21.4. The van der Waals surface area contributed by atoms with Gasteiger partial charge in [0, 0.05) is 5.69 Å². The van der Waals surface area contributed by atoms with Gasteiger partial charge in [-0.3, -0.25) is 9.59 Å². The number of hydrogen-bond acceptors (Lipinski definition) is 7. The molecule has 0 aromatic heterocycles. The summed E-state index contributed by atoms with van der Waals surface area (Å²) in [5, 5.41) is 6.41. The Labute approximate surface area is 167 Å². The largest absolute Gasteiger partial charge is 0.497 e. The summed E-state index contributed by atoms with van der Waals surface area (Å²) in [4.78, 5) is 34.8. The fourth-order valence-corrected chi connectivity index (χ4v) is 2.13. The van der Waals surface area contributed by atoms with Crippen molar-refractivity contribution >= 4 is 29.7 Å². The van der Waals surface area contributed by atoms with Crippen LogP contribution in [0, 0.1) is 0 Å². The normalized spacial score (nSPS) is 10.3. The summed E-state index contributed by atoms with van der Waals surface area (Å²) in [7, 11) is 2.82. The Morgan fingerprint density at radius 1 is 1.00 bits per heavy atom. The number of carbonyl (C=O) groups is 3. The fourth-order valence-electron chi connectivity index (χ4n) is 2.13. The van der Waals surface area contributed by atoms with E-state index in [4.69, 9.17) is 9.47 Å². The molecule has 0 aliphatic rings. The van der Waals surface area contributed by atoms with Crippen LogP contribution in [0.2, 0.25) is 0 Å². The number of nitrogens with one attached hydrogen (secondary N) is 2. The zero-order valence-electron chi connectivity index (χ0n) is 16.0. The number of hydrogen-bond donors (Lipinski definition) is 2. The highest BCUT2D eigenvalue weighted by atomic mass is 16.6. The van der Waals surface area contributed by atoms with Crippen molar-refractivity contribution in [3.05, 3.63) is 54.1 Å². The molecular formula is C20H21N3O6. The van der Waals surface area contributed by atoms with E-state index in [-0.39, 0.29) is 13.0 Å². The molecule has 0 fully saturated rings. The van der Waals surface area contributed by atoms with E-state index in [2.05, 4.69) is 20.6 Å². The molecule has 0 bridgehead atoms. The summed E-state index contributed by atoms with van der Waals surface area (Å²) in [6.07, 6.45) is 1.01. The molecule has 0 spiro atoms. The van der Waals surface area contributed by atoms with Gasteiger partial charge in [0.05, 0.1) is 20.4 Å². The molecule has 2 N–H and O–H groups in total. The van der Waals surface area contributed by atoms with Crippen molar-refractivity contribution < 1.29 is 28.6 Å². The number of methoxy groups -OCH3 is 2. The molecule has 9 heteroatoms. The lowest BCUT2D eigenvalue weighted by molar-refractivity contribution is -0.143.